The Kier molecular flexibility index (Phi) is 5.82. The SMILES string of the molecule is CC(CC(N)Cc1cc(F)ccc1Cl)CC(C)(C)C. The highest BCUT2D eigenvalue weighted by Gasteiger charge is 2.18. The normalized spacial score (nSPS) is 15.3. The topological polar surface area (TPSA) is 26.0 Å². The van der Waals surface area contributed by atoms with E-state index >= 15 is 0 Å². The third-order valence-corrected chi connectivity index (χ3v) is 3.52. The predicted octanol–water partition coefficient (Wildman–Crippen LogP) is 4.81. The molecule has 0 saturated heterocycles. The minimum absolute atomic E-state index is 0.0247. The van der Waals surface area contributed by atoms with Gasteiger partial charge in [-0.15, -0.1) is 0 Å². The van der Waals surface area contributed by atoms with E-state index in [1.807, 2.05) is 0 Å². The number of hydrogen-bond donors (Lipinski definition) is 1. The fraction of sp³-hybridized carbons (Fsp3) is 0.625. The summed E-state index contributed by atoms with van der Waals surface area (Å²) in [5, 5.41) is 0.598. The van der Waals surface area contributed by atoms with Crippen molar-refractivity contribution in [3.8, 4) is 0 Å². The molecule has 1 nitrogen and oxygen atoms in total. The van der Waals surface area contributed by atoms with Gasteiger partial charge in [0.25, 0.3) is 0 Å². The Morgan fingerprint density at radius 3 is 2.53 bits per heavy atom. The summed E-state index contributed by atoms with van der Waals surface area (Å²) in [5.74, 6) is 0.302. The van der Waals surface area contributed by atoms with Gasteiger partial charge in [-0.2, -0.15) is 0 Å². The van der Waals surface area contributed by atoms with E-state index in [0.29, 0.717) is 22.8 Å². The maximum Gasteiger partial charge on any atom is 0.123 e. The maximum absolute atomic E-state index is 13.2. The van der Waals surface area contributed by atoms with Crippen molar-refractivity contribution in [2.75, 3.05) is 0 Å². The molecule has 108 valence electrons. The molecule has 0 radical (unpaired) electrons. The molecule has 0 bridgehead atoms. The van der Waals surface area contributed by atoms with Gasteiger partial charge in [-0.1, -0.05) is 39.3 Å². The summed E-state index contributed by atoms with van der Waals surface area (Å²) in [5.41, 5.74) is 7.28. The van der Waals surface area contributed by atoms with Gasteiger partial charge < -0.3 is 5.73 Å². The van der Waals surface area contributed by atoms with Crippen LogP contribution in [0.4, 0.5) is 4.39 Å². The predicted molar refractivity (Wildman–Crippen MR) is 80.9 cm³/mol. The fourth-order valence-electron chi connectivity index (χ4n) is 2.71. The van der Waals surface area contributed by atoms with Gasteiger partial charge in [0, 0.05) is 11.1 Å². The van der Waals surface area contributed by atoms with E-state index in [9.17, 15) is 4.39 Å². The van der Waals surface area contributed by atoms with Crippen molar-refractivity contribution in [3.63, 3.8) is 0 Å². The summed E-state index contributed by atoms with van der Waals surface area (Å²) in [6, 6.07) is 4.48. The average Bonchev–Trinajstić information content (AvgIpc) is 2.20. The standard InChI is InChI=1S/C16H25ClFN/c1-11(10-16(2,3)4)7-14(19)9-12-8-13(18)5-6-15(12)17/h5-6,8,11,14H,7,9-10,19H2,1-4H3. The van der Waals surface area contributed by atoms with Crippen LogP contribution in [0.15, 0.2) is 18.2 Å². The quantitative estimate of drug-likeness (QED) is 0.825. The van der Waals surface area contributed by atoms with Crippen LogP contribution < -0.4 is 5.73 Å². The summed E-state index contributed by atoms with van der Waals surface area (Å²) in [6.07, 6.45) is 2.70. The Morgan fingerprint density at radius 1 is 1.32 bits per heavy atom. The second-order valence-corrected chi connectivity index (χ2v) is 7.21. The van der Waals surface area contributed by atoms with Gasteiger partial charge in [0.1, 0.15) is 5.82 Å². The molecule has 2 unspecified atom stereocenters. The van der Waals surface area contributed by atoms with E-state index < -0.39 is 0 Å². The molecular weight excluding hydrogens is 261 g/mol. The van der Waals surface area contributed by atoms with Gasteiger partial charge >= 0.3 is 0 Å². The molecule has 0 aliphatic heterocycles. The van der Waals surface area contributed by atoms with Crippen LogP contribution in [-0.4, -0.2) is 6.04 Å². The van der Waals surface area contributed by atoms with Crippen molar-refractivity contribution in [2.45, 2.75) is 53.0 Å². The molecule has 3 heteroatoms. The molecule has 19 heavy (non-hydrogen) atoms. The highest BCUT2D eigenvalue weighted by Crippen LogP contribution is 2.27. The van der Waals surface area contributed by atoms with Crippen LogP contribution >= 0.6 is 11.6 Å². The van der Waals surface area contributed by atoms with E-state index in [2.05, 4.69) is 27.7 Å². The maximum atomic E-state index is 13.2. The molecule has 0 aliphatic carbocycles. The molecule has 1 aromatic carbocycles. The van der Waals surface area contributed by atoms with Crippen LogP contribution in [0.5, 0.6) is 0 Å². The van der Waals surface area contributed by atoms with Crippen molar-refractivity contribution in [1.29, 1.82) is 0 Å². The summed E-state index contributed by atoms with van der Waals surface area (Å²) < 4.78 is 13.2. The lowest BCUT2D eigenvalue weighted by Crippen LogP contribution is -2.27. The molecule has 1 aromatic rings. The van der Waals surface area contributed by atoms with Crippen LogP contribution in [-0.2, 0) is 6.42 Å². The zero-order chi connectivity index (χ0) is 14.6. The minimum Gasteiger partial charge on any atom is -0.327 e. The zero-order valence-corrected chi connectivity index (χ0v) is 13.1. The summed E-state index contributed by atoms with van der Waals surface area (Å²) >= 11 is 6.06. The van der Waals surface area contributed by atoms with Crippen LogP contribution in [0.3, 0.4) is 0 Å². The molecular formula is C16H25ClFN. The van der Waals surface area contributed by atoms with Crippen LogP contribution in [0.25, 0.3) is 0 Å². The number of nitrogens with two attached hydrogens (primary N) is 1. The monoisotopic (exact) mass is 285 g/mol. The molecule has 0 spiro atoms. The van der Waals surface area contributed by atoms with Crippen molar-refractivity contribution < 1.29 is 4.39 Å². The van der Waals surface area contributed by atoms with Gasteiger partial charge in [0.15, 0.2) is 0 Å². The lowest BCUT2D eigenvalue weighted by Gasteiger charge is -2.25. The van der Waals surface area contributed by atoms with Crippen molar-refractivity contribution in [1.82, 2.24) is 0 Å². The number of hydrogen-bond acceptors (Lipinski definition) is 1. The molecule has 0 heterocycles. The van der Waals surface area contributed by atoms with E-state index in [0.717, 1.165) is 18.4 Å². The highest BCUT2D eigenvalue weighted by molar-refractivity contribution is 6.31. The third-order valence-electron chi connectivity index (χ3n) is 3.16. The Bertz CT molecular complexity index is 412. The number of rotatable bonds is 5. The molecule has 0 saturated carbocycles. The molecule has 1 rings (SSSR count). The molecule has 0 fully saturated rings. The average molecular weight is 286 g/mol. The Balaban J connectivity index is 2.55. The van der Waals surface area contributed by atoms with Crippen molar-refractivity contribution in [3.05, 3.63) is 34.6 Å². The summed E-state index contributed by atoms with van der Waals surface area (Å²) in [4.78, 5) is 0. The van der Waals surface area contributed by atoms with Gasteiger partial charge in [-0.05, 0) is 54.4 Å². The smallest absolute Gasteiger partial charge is 0.123 e. The number of benzene rings is 1. The van der Waals surface area contributed by atoms with Gasteiger partial charge in [-0.3, -0.25) is 0 Å². The fourth-order valence-corrected chi connectivity index (χ4v) is 2.91. The summed E-state index contributed by atoms with van der Waals surface area (Å²) in [6.45, 7) is 8.92. The molecule has 0 amide bonds. The van der Waals surface area contributed by atoms with E-state index in [1.165, 1.54) is 12.1 Å². The first-order chi connectivity index (χ1) is 8.67. The van der Waals surface area contributed by atoms with Gasteiger partial charge in [0.2, 0.25) is 0 Å². The van der Waals surface area contributed by atoms with Crippen LogP contribution in [0.2, 0.25) is 5.02 Å². The molecule has 0 aromatic heterocycles. The Morgan fingerprint density at radius 2 is 1.95 bits per heavy atom. The van der Waals surface area contributed by atoms with Gasteiger partial charge in [0.05, 0.1) is 0 Å². The minimum atomic E-state index is -0.255. The second kappa shape index (κ2) is 6.71. The lowest BCUT2D eigenvalue weighted by atomic mass is 9.82. The molecule has 2 atom stereocenters. The van der Waals surface area contributed by atoms with Crippen molar-refractivity contribution in [2.24, 2.45) is 17.1 Å². The lowest BCUT2D eigenvalue weighted by molar-refractivity contribution is 0.285. The van der Waals surface area contributed by atoms with E-state index in [-0.39, 0.29) is 11.9 Å². The van der Waals surface area contributed by atoms with Crippen LogP contribution in [0, 0.1) is 17.2 Å². The second-order valence-electron chi connectivity index (χ2n) is 6.81. The van der Waals surface area contributed by atoms with E-state index in [4.69, 9.17) is 17.3 Å². The first-order valence-corrected chi connectivity index (χ1v) is 7.24. The first kappa shape index (κ1) is 16.5. The molecule has 0 aliphatic rings. The molecule has 2 N–H and O–H groups in total. The van der Waals surface area contributed by atoms with Crippen molar-refractivity contribution >= 4 is 11.6 Å². The van der Waals surface area contributed by atoms with Gasteiger partial charge in [-0.25, -0.2) is 4.39 Å². The highest BCUT2D eigenvalue weighted by atomic mass is 35.5. The largest absolute Gasteiger partial charge is 0.327 e. The Hall–Kier alpha value is -0.600. The van der Waals surface area contributed by atoms with Crippen LogP contribution in [0.1, 0.15) is 46.1 Å². The number of halogens is 2. The zero-order valence-electron chi connectivity index (χ0n) is 12.3. The Labute approximate surface area is 121 Å². The first-order valence-electron chi connectivity index (χ1n) is 6.87. The third kappa shape index (κ3) is 6.40. The summed E-state index contributed by atoms with van der Waals surface area (Å²) in [7, 11) is 0. The van der Waals surface area contributed by atoms with E-state index in [1.54, 1.807) is 6.07 Å².